The summed E-state index contributed by atoms with van der Waals surface area (Å²) in [6.45, 7) is 0. The summed E-state index contributed by atoms with van der Waals surface area (Å²) in [6.07, 6.45) is 15.0. The van der Waals surface area contributed by atoms with Crippen molar-refractivity contribution in [1.82, 2.24) is 0 Å². The molecule has 6 rings (SSSR count). The molecule has 6 fully saturated rings. The van der Waals surface area contributed by atoms with Crippen LogP contribution in [0.15, 0.2) is 0 Å². The second-order valence-electron chi connectivity index (χ2n) is 12.1. The van der Waals surface area contributed by atoms with Gasteiger partial charge in [-0.25, -0.2) is 0 Å². The number of aliphatic carboxylic acids is 1. The number of amides is 1. The summed E-state index contributed by atoms with van der Waals surface area (Å²) in [5, 5.41) is 10.3. The van der Waals surface area contributed by atoms with E-state index < -0.39 is 11.4 Å². The monoisotopic (exact) mass is 385 g/mol. The topological polar surface area (TPSA) is 80.4 Å². The van der Waals surface area contributed by atoms with Crippen LogP contribution in [0.4, 0.5) is 0 Å². The Morgan fingerprint density at radius 2 is 1.61 bits per heavy atom. The smallest absolute Gasteiger partial charge is 0.309 e. The number of fused-ring (bicyclic) bond motifs is 5. The van der Waals surface area contributed by atoms with Gasteiger partial charge in [-0.3, -0.25) is 9.59 Å². The van der Waals surface area contributed by atoms with Gasteiger partial charge >= 0.3 is 5.97 Å². The Bertz CT molecular complexity index is 731. The minimum absolute atomic E-state index is 0.0822. The Balaban J connectivity index is 1.39. The van der Waals surface area contributed by atoms with Crippen molar-refractivity contribution in [2.24, 2.45) is 57.5 Å². The van der Waals surface area contributed by atoms with Gasteiger partial charge in [0, 0.05) is 5.92 Å². The Hall–Kier alpha value is -1.06. The van der Waals surface area contributed by atoms with Gasteiger partial charge in [0.15, 0.2) is 0 Å². The molecule has 4 nitrogen and oxygen atoms in total. The van der Waals surface area contributed by atoms with Crippen LogP contribution in [-0.2, 0) is 9.59 Å². The van der Waals surface area contributed by atoms with Gasteiger partial charge in [-0.05, 0) is 111 Å². The Morgan fingerprint density at radius 1 is 0.857 bits per heavy atom. The minimum Gasteiger partial charge on any atom is -0.481 e. The summed E-state index contributed by atoms with van der Waals surface area (Å²) < 4.78 is 0. The molecule has 4 heteroatoms. The Morgan fingerprint density at radius 3 is 2.36 bits per heavy atom. The normalized spacial score (nSPS) is 56.4. The fourth-order valence-corrected chi connectivity index (χ4v) is 10.3. The van der Waals surface area contributed by atoms with E-state index in [2.05, 4.69) is 0 Å². The van der Waals surface area contributed by atoms with Gasteiger partial charge in [0.25, 0.3) is 0 Å². The molecule has 6 saturated carbocycles. The van der Waals surface area contributed by atoms with Crippen LogP contribution >= 0.6 is 0 Å². The van der Waals surface area contributed by atoms with Crippen LogP contribution < -0.4 is 5.73 Å². The van der Waals surface area contributed by atoms with E-state index in [1.165, 1.54) is 51.4 Å². The van der Waals surface area contributed by atoms with Crippen molar-refractivity contribution >= 4 is 11.9 Å². The molecule has 0 saturated heterocycles. The van der Waals surface area contributed by atoms with Crippen LogP contribution in [0.3, 0.4) is 0 Å². The predicted molar refractivity (Wildman–Crippen MR) is 105 cm³/mol. The highest BCUT2D eigenvalue weighted by molar-refractivity contribution is 5.77. The lowest BCUT2D eigenvalue weighted by Crippen LogP contribution is -2.46. The maximum absolute atomic E-state index is 12.6. The van der Waals surface area contributed by atoms with Gasteiger partial charge in [0.2, 0.25) is 5.91 Å². The molecule has 9 unspecified atom stereocenters. The van der Waals surface area contributed by atoms with Gasteiger partial charge in [0.1, 0.15) is 0 Å². The second kappa shape index (κ2) is 5.55. The highest BCUT2D eigenvalue weighted by Gasteiger charge is 2.71. The SMILES string of the molecule is NC(=O)C1CC2CC3CC(C45CC6CCCC(C(=O)O)(C4)C(C6)C5)(C2)CC3C1. The molecular weight excluding hydrogens is 350 g/mol. The lowest BCUT2D eigenvalue weighted by molar-refractivity contribution is -0.152. The molecule has 0 radical (unpaired) electrons. The van der Waals surface area contributed by atoms with Crippen molar-refractivity contribution in [1.29, 1.82) is 0 Å². The molecule has 154 valence electrons. The summed E-state index contributed by atoms with van der Waals surface area (Å²) in [7, 11) is 0. The first-order valence-corrected chi connectivity index (χ1v) is 11.9. The van der Waals surface area contributed by atoms with Crippen LogP contribution in [0, 0.1) is 51.8 Å². The van der Waals surface area contributed by atoms with Crippen molar-refractivity contribution in [3.8, 4) is 0 Å². The lowest BCUT2D eigenvalue weighted by atomic mass is 9.50. The van der Waals surface area contributed by atoms with Crippen LogP contribution in [-0.4, -0.2) is 17.0 Å². The van der Waals surface area contributed by atoms with Gasteiger partial charge in [-0.15, -0.1) is 0 Å². The maximum Gasteiger partial charge on any atom is 0.309 e. The third-order valence-electron chi connectivity index (χ3n) is 11.1. The first kappa shape index (κ1) is 17.8. The number of carboxylic acid groups (broad SMARTS) is 1. The highest BCUT2D eigenvalue weighted by atomic mass is 16.4. The summed E-state index contributed by atoms with van der Waals surface area (Å²) in [6, 6.07) is 0. The van der Waals surface area contributed by atoms with E-state index in [9.17, 15) is 14.7 Å². The third-order valence-corrected chi connectivity index (χ3v) is 11.1. The summed E-state index contributed by atoms with van der Waals surface area (Å²) in [5.74, 6) is 2.75. The number of nitrogens with two attached hydrogens (primary N) is 1. The molecule has 0 aliphatic heterocycles. The molecule has 0 aromatic carbocycles. The van der Waals surface area contributed by atoms with E-state index in [1.54, 1.807) is 0 Å². The lowest BCUT2D eigenvalue weighted by Gasteiger charge is -2.55. The molecule has 9 atom stereocenters. The predicted octanol–water partition coefficient (Wildman–Crippen LogP) is 4.37. The number of carbonyl (C=O) groups excluding carboxylic acids is 1. The van der Waals surface area contributed by atoms with E-state index >= 15 is 0 Å². The van der Waals surface area contributed by atoms with E-state index in [-0.39, 0.29) is 17.2 Å². The fourth-order valence-electron chi connectivity index (χ4n) is 10.3. The van der Waals surface area contributed by atoms with Gasteiger partial charge in [-0.1, -0.05) is 12.8 Å². The molecule has 6 bridgehead atoms. The molecule has 0 aromatic heterocycles. The number of hydrogen-bond acceptors (Lipinski definition) is 2. The average Bonchev–Trinajstić information content (AvgIpc) is 2.91. The number of primary amides is 1. The number of rotatable bonds is 3. The zero-order chi connectivity index (χ0) is 19.3. The number of carbonyl (C=O) groups is 2. The van der Waals surface area contributed by atoms with Gasteiger partial charge < -0.3 is 10.8 Å². The Labute approximate surface area is 168 Å². The van der Waals surface area contributed by atoms with E-state index in [0.717, 1.165) is 43.9 Å². The third kappa shape index (κ3) is 2.13. The van der Waals surface area contributed by atoms with E-state index in [4.69, 9.17) is 5.73 Å². The molecule has 1 amide bonds. The van der Waals surface area contributed by atoms with Crippen molar-refractivity contribution < 1.29 is 14.7 Å². The molecule has 28 heavy (non-hydrogen) atoms. The Kier molecular flexibility index (Phi) is 3.52. The van der Waals surface area contributed by atoms with E-state index in [1.807, 2.05) is 0 Å². The van der Waals surface area contributed by atoms with Crippen molar-refractivity contribution in [3.05, 3.63) is 0 Å². The fraction of sp³-hybridized carbons (Fsp3) is 0.917. The molecule has 6 aliphatic rings. The van der Waals surface area contributed by atoms with Crippen LogP contribution in [0.25, 0.3) is 0 Å². The van der Waals surface area contributed by atoms with Crippen LogP contribution in [0.1, 0.15) is 83.5 Å². The summed E-state index contributed by atoms with van der Waals surface area (Å²) >= 11 is 0. The largest absolute Gasteiger partial charge is 0.481 e. The van der Waals surface area contributed by atoms with Crippen molar-refractivity contribution in [2.45, 2.75) is 83.5 Å². The second-order valence-corrected chi connectivity index (χ2v) is 12.1. The van der Waals surface area contributed by atoms with Crippen LogP contribution in [0.5, 0.6) is 0 Å². The summed E-state index contributed by atoms with van der Waals surface area (Å²) in [4.78, 5) is 24.5. The quantitative estimate of drug-likeness (QED) is 0.757. The van der Waals surface area contributed by atoms with Crippen molar-refractivity contribution in [3.63, 3.8) is 0 Å². The average molecular weight is 386 g/mol. The first-order valence-electron chi connectivity index (χ1n) is 11.9. The first-order chi connectivity index (χ1) is 13.3. The molecule has 0 heterocycles. The molecule has 3 N–H and O–H groups in total. The zero-order valence-corrected chi connectivity index (χ0v) is 17.0. The highest BCUT2D eigenvalue weighted by Crippen LogP contribution is 2.77. The van der Waals surface area contributed by atoms with E-state index in [0.29, 0.717) is 23.2 Å². The maximum atomic E-state index is 12.6. The minimum atomic E-state index is -0.488. The summed E-state index contributed by atoms with van der Waals surface area (Å²) in [5.41, 5.74) is 5.94. The molecule has 0 aromatic rings. The number of carboxylic acids is 1. The van der Waals surface area contributed by atoms with Crippen LogP contribution in [0.2, 0.25) is 0 Å². The molecule has 6 aliphatic carbocycles. The molecular formula is C24H35NO3. The van der Waals surface area contributed by atoms with Crippen molar-refractivity contribution in [2.75, 3.05) is 0 Å². The molecule has 0 spiro atoms. The van der Waals surface area contributed by atoms with Gasteiger partial charge in [-0.2, -0.15) is 0 Å². The van der Waals surface area contributed by atoms with Gasteiger partial charge in [0.05, 0.1) is 5.41 Å². The standard InChI is InChI=1S/C24H35NO3/c25-20(26)16-4-15-5-17-10-22(9-15,11-18(17)7-16)23-8-14-2-1-3-24(13-23,21(27)28)19(6-14)12-23/h14-19H,1-13H2,(H2,25,26)(H,27,28). The number of hydrogen-bond donors (Lipinski definition) is 2. The zero-order valence-electron chi connectivity index (χ0n) is 17.0.